The highest BCUT2D eigenvalue weighted by Gasteiger charge is 2.32. The Hall–Kier alpha value is -4.85. The first-order valence-electron chi connectivity index (χ1n) is 13.6. The molecule has 3 aromatic carbocycles. The van der Waals surface area contributed by atoms with Crippen molar-refractivity contribution < 1.29 is 27.5 Å². The lowest BCUT2D eigenvalue weighted by molar-refractivity contribution is -0.274. The molecule has 0 unspecified atom stereocenters. The van der Waals surface area contributed by atoms with Crippen LogP contribution in [0.5, 0.6) is 5.75 Å². The number of thioether (sulfide) groups is 1. The highest BCUT2D eigenvalue weighted by molar-refractivity contribution is 8.15. The summed E-state index contributed by atoms with van der Waals surface area (Å²) in [5.74, 6) is 0.0835. The van der Waals surface area contributed by atoms with Gasteiger partial charge < -0.3 is 15.4 Å². The number of rotatable bonds is 9. The summed E-state index contributed by atoms with van der Waals surface area (Å²) in [6.07, 6.45) is -1.60. The number of amides is 3. The molecule has 1 aliphatic heterocycles. The Balaban J connectivity index is 1.17. The number of aromatic nitrogens is 3. The van der Waals surface area contributed by atoms with Gasteiger partial charge in [0.05, 0.1) is 17.1 Å². The molecule has 14 heteroatoms. The van der Waals surface area contributed by atoms with E-state index in [2.05, 4.69) is 37.4 Å². The first-order chi connectivity index (χ1) is 21.1. The van der Waals surface area contributed by atoms with Gasteiger partial charge in [-0.25, -0.2) is 14.5 Å². The van der Waals surface area contributed by atoms with Crippen LogP contribution in [0.3, 0.4) is 0 Å². The van der Waals surface area contributed by atoms with Gasteiger partial charge in [0, 0.05) is 12.2 Å². The van der Waals surface area contributed by atoms with Crippen LogP contribution in [-0.4, -0.2) is 44.0 Å². The molecule has 44 heavy (non-hydrogen) atoms. The number of hydrogen-bond donors (Lipinski definition) is 2. The topological polar surface area (TPSA) is 114 Å². The number of nitrogens with zero attached hydrogens (tertiary/aromatic N) is 5. The number of carbonyl (C=O) groups is 2. The van der Waals surface area contributed by atoms with Crippen LogP contribution in [0.25, 0.3) is 5.69 Å². The zero-order chi connectivity index (χ0) is 31.3. The van der Waals surface area contributed by atoms with E-state index in [1.165, 1.54) is 51.9 Å². The average molecular weight is 624 g/mol. The van der Waals surface area contributed by atoms with E-state index in [1.54, 1.807) is 12.1 Å². The fourth-order valence-corrected chi connectivity index (χ4v) is 5.30. The number of aliphatic imine (C=N–C) groups is 1. The predicted molar refractivity (Wildman–Crippen MR) is 163 cm³/mol. The van der Waals surface area contributed by atoms with Gasteiger partial charge in [-0.2, -0.15) is 4.99 Å². The zero-order valence-corrected chi connectivity index (χ0v) is 24.6. The molecule has 1 saturated heterocycles. The fourth-order valence-electron chi connectivity index (χ4n) is 4.44. The molecule has 0 aliphatic carbocycles. The average Bonchev–Trinajstić information content (AvgIpc) is 3.60. The Labute approximate surface area is 255 Å². The maximum absolute atomic E-state index is 12.8. The van der Waals surface area contributed by atoms with Crippen LogP contribution < -0.4 is 20.3 Å². The summed E-state index contributed by atoms with van der Waals surface area (Å²) in [4.78, 5) is 35.5. The maximum Gasteiger partial charge on any atom is 0.573 e. The van der Waals surface area contributed by atoms with Crippen LogP contribution in [-0.2, 0) is 17.8 Å². The molecule has 10 nitrogen and oxygen atoms in total. The summed E-state index contributed by atoms with van der Waals surface area (Å²) >= 11 is 1.23. The fraction of sp³-hybridized carbons (Fsp3) is 0.233. The quantitative estimate of drug-likeness (QED) is 0.213. The van der Waals surface area contributed by atoms with Gasteiger partial charge in [0.15, 0.2) is 5.17 Å². The molecule has 1 aliphatic rings. The molecule has 1 aromatic heterocycles. The smallest absolute Gasteiger partial charge is 0.406 e. The summed E-state index contributed by atoms with van der Waals surface area (Å²) < 4.78 is 42.4. The van der Waals surface area contributed by atoms with Gasteiger partial charge in [0.2, 0.25) is 11.9 Å². The van der Waals surface area contributed by atoms with Crippen molar-refractivity contribution in [3.63, 3.8) is 0 Å². The van der Waals surface area contributed by atoms with Crippen LogP contribution in [0.2, 0.25) is 0 Å². The van der Waals surface area contributed by atoms with Crippen molar-refractivity contribution in [1.82, 2.24) is 14.8 Å². The second-order valence-electron chi connectivity index (χ2n) is 9.83. The number of aryl methyl sites for hydroxylation is 2. The van der Waals surface area contributed by atoms with Crippen LogP contribution in [0.1, 0.15) is 30.0 Å². The third-order valence-corrected chi connectivity index (χ3v) is 7.37. The minimum absolute atomic E-state index is 0.117. The Kier molecular flexibility index (Phi) is 9.18. The number of hydrogen-bond acceptors (Lipinski definition) is 7. The third kappa shape index (κ3) is 7.75. The lowest BCUT2D eigenvalue weighted by Crippen LogP contribution is -2.31. The SMILES string of the molecule is CCCc1ccc(C)cc1N1C(=O)CS/C1=N\C(=O)Nc1ccc(CNc2ncn(-c3ccc(OC(F)(F)F)cc3)n2)cc1. The van der Waals surface area contributed by atoms with Crippen molar-refractivity contribution in [3.8, 4) is 11.4 Å². The van der Waals surface area contributed by atoms with E-state index >= 15 is 0 Å². The third-order valence-electron chi connectivity index (χ3n) is 6.45. The molecule has 5 rings (SSSR count). The van der Waals surface area contributed by atoms with E-state index in [1.807, 2.05) is 37.3 Å². The number of anilines is 3. The van der Waals surface area contributed by atoms with Crippen LogP contribution in [0.15, 0.2) is 78.0 Å². The number of benzene rings is 3. The van der Waals surface area contributed by atoms with E-state index in [0.717, 1.165) is 35.2 Å². The van der Waals surface area contributed by atoms with Crippen LogP contribution >= 0.6 is 11.8 Å². The summed E-state index contributed by atoms with van der Waals surface area (Å²) in [5.41, 5.74) is 4.73. The number of halogens is 3. The Morgan fingerprint density at radius 1 is 1.09 bits per heavy atom. The molecule has 2 N–H and O–H groups in total. The first-order valence-corrected chi connectivity index (χ1v) is 14.6. The first kappa shape index (κ1) is 30.6. The van der Waals surface area contributed by atoms with Gasteiger partial charge in [0.25, 0.3) is 0 Å². The highest BCUT2D eigenvalue weighted by Crippen LogP contribution is 2.31. The van der Waals surface area contributed by atoms with E-state index in [-0.39, 0.29) is 17.4 Å². The predicted octanol–water partition coefficient (Wildman–Crippen LogP) is 6.71. The van der Waals surface area contributed by atoms with Crippen LogP contribution in [0, 0.1) is 6.92 Å². The maximum atomic E-state index is 12.8. The molecule has 0 saturated carbocycles. The molecule has 0 spiro atoms. The number of nitrogens with one attached hydrogen (secondary N) is 2. The van der Waals surface area contributed by atoms with E-state index in [0.29, 0.717) is 29.0 Å². The molecule has 228 valence electrons. The summed E-state index contributed by atoms with van der Waals surface area (Å²) in [5, 5.41) is 10.5. The Morgan fingerprint density at radius 2 is 1.84 bits per heavy atom. The van der Waals surface area contributed by atoms with E-state index in [4.69, 9.17) is 0 Å². The highest BCUT2D eigenvalue weighted by atomic mass is 32.2. The zero-order valence-electron chi connectivity index (χ0n) is 23.8. The minimum atomic E-state index is -4.76. The largest absolute Gasteiger partial charge is 0.573 e. The molecule has 0 radical (unpaired) electrons. The number of amidine groups is 1. The number of urea groups is 1. The van der Waals surface area contributed by atoms with Crippen LogP contribution in [0.4, 0.5) is 35.3 Å². The summed E-state index contributed by atoms with van der Waals surface area (Å²) in [6, 6.07) is 17.7. The molecule has 3 amide bonds. The second kappa shape index (κ2) is 13.2. The van der Waals surface area contributed by atoms with E-state index < -0.39 is 12.4 Å². The number of alkyl halides is 3. The van der Waals surface area contributed by atoms with Gasteiger partial charge in [-0.15, -0.1) is 18.3 Å². The Morgan fingerprint density at radius 3 is 2.55 bits per heavy atom. The monoisotopic (exact) mass is 623 g/mol. The molecular weight excluding hydrogens is 595 g/mol. The Bertz CT molecular complexity index is 1670. The molecular formula is C30H28F3N7O3S. The van der Waals surface area contributed by atoms with Crippen molar-refractivity contribution in [1.29, 1.82) is 0 Å². The van der Waals surface area contributed by atoms with E-state index in [9.17, 15) is 22.8 Å². The molecule has 2 heterocycles. The van der Waals surface area contributed by atoms with Crippen molar-refractivity contribution in [2.45, 2.75) is 39.6 Å². The number of carbonyl (C=O) groups excluding carboxylic acids is 2. The van der Waals surface area contributed by atoms with Gasteiger partial charge in [0.1, 0.15) is 12.1 Å². The molecule has 4 aromatic rings. The standard InChI is InChI=1S/C30H28F3N7O3S/c1-3-4-21-8-5-19(2)15-25(21)40-26(41)17-44-29(40)37-28(42)36-22-9-6-20(7-10-22)16-34-27-35-18-39(38-27)23-11-13-24(14-12-23)43-30(31,32)33/h5-15,18H,3-4,16-17H2,1-2H3,(H,34,38)(H,36,42)/b37-29-. The van der Waals surface area contributed by atoms with Gasteiger partial charge in [-0.3, -0.25) is 9.69 Å². The van der Waals surface area contributed by atoms with Crippen molar-refractivity contribution in [2.75, 3.05) is 21.3 Å². The lowest BCUT2D eigenvalue weighted by atomic mass is 10.0. The molecule has 1 fully saturated rings. The normalized spacial score (nSPS) is 14.2. The number of ether oxygens (including phenoxy) is 1. The lowest BCUT2D eigenvalue weighted by Gasteiger charge is -2.20. The second-order valence-corrected chi connectivity index (χ2v) is 10.8. The van der Waals surface area contributed by atoms with Gasteiger partial charge >= 0.3 is 12.4 Å². The van der Waals surface area contributed by atoms with Gasteiger partial charge in [-0.05, 0) is 72.5 Å². The molecule has 0 atom stereocenters. The summed E-state index contributed by atoms with van der Waals surface area (Å²) in [7, 11) is 0. The van der Waals surface area contributed by atoms with Crippen molar-refractivity contribution in [2.24, 2.45) is 4.99 Å². The summed E-state index contributed by atoms with van der Waals surface area (Å²) in [6.45, 7) is 4.41. The van der Waals surface area contributed by atoms with Crippen molar-refractivity contribution >= 4 is 46.2 Å². The molecule has 0 bridgehead atoms. The minimum Gasteiger partial charge on any atom is -0.406 e. The van der Waals surface area contributed by atoms with Gasteiger partial charge in [-0.1, -0.05) is 49.4 Å². The van der Waals surface area contributed by atoms with Crippen molar-refractivity contribution in [3.05, 3.63) is 89.7 Å².